The molecule has 0 saturated carbocycles. The molecule has 0 aliphatic rings. The van der Waals surface area contributed by atoms with Gasteiger partial charge in [0.25, 0.3) is 5.91 Å². The van der Waals surface area contributed by atoms with E-state index in [2.05, 4.69) is 20.5 Å². The highest BCUT2D eigenvalue weighted by Crippen LogP contribution is 2.21. The van der Waals surface area contributed by atoms with Crippen LogP contribution in [0.25, 0.3) is 0 Å². The number of aromatic nitrogens is 5. The highest BCUT2D eigenvalue weighted by molar-refractivity contribution is 6.35. The first-order valence-electron chi connectivity index (χ1n) is 7.26. The molecule has 0 fully saturated rings. The fraction of sp³-hybridized carbons (Fsp3) is 0.200. The minimum absolute atomic E-state index is 0.195. The molecule has 1 N–H and O–H groups in total. The molecule has 0 radical (unpaired) electrons. The Morgan fingerprint density at radius 1 is 1.28 bits per heavy atom. The topological polar surface area (TPSA) is 77.6 Å². The Balaban J connectivity index is 1.66. The molecule has 2 aromatic heterocycles. The number of halogens is 3. The third-order valence-corrected chi connectivity index (χ3v) is 4.25. The fourth-order valence-corrected chi connectivity index (χ4v) is 2.73. The Hall–Kier alpha value is -2.09. The van der Waals surface area contributed by atoms with Crippen LogP contribution >= 0.6 is 34.8 Å². The standard InChI is InChI=1S/C15H13Cl3N6O/c1-9(24-7-12(17)5-20-24)14(25)21-15-19-8-23(22-15)6-10-2-3-11(16)4-13(10)18/h2-5,7-9H,6H2,1H3,(H,21,22,25). The first-order chi connectivity index (χ1) is 11.9. The Morgan fingerprint density at radius 3 is 2.76 bits per heavy atom. The lowest BCUT2D eigenvalue weighted by molar-refractivity contribution is -0.119. The summed E-state index contributed by atoms with van der Waals surface area (Å²) in [5.74, 6) is -0.109. The van der Waals surface area contributed by atoms with Crippen molar-refractivity contribution < 1.29 is 4.79 Å². The zero-order chi connectivity index (χ0) is 18.0. The third-order valence-electron chi connectivity index (χ3n) is 3.47. The predicted octanol–water partition coefficient (Wildman–Crippen LogP) is 3.68. The van der Waals surface area contributed by atoms with E-state index in [4.69, 9.17) is 34.8 Å². The van der Waals surface area contributed by atoms with Crippen molar-refractivity contribution in [2.24, 2.45) is 0 Å². The Labute approximate surface area is 158 Å². The van der Waals surface area contributed by atoms with E-state index in [0.717, 1.165) is 5.56 Å². The second-order valence-electron chi connectivity index (χ2n) is 5.31. The van der Waals surface area contributed by atoms with Crippen LogP contribution in [-0.4, -0.2) is 30.5 Å². The number of amides is 1. The van der Waals surface area contributed by atoms with Crippen molar-refractivity contribution in [3.63, 3.8) is 0 Å². The van der Waals surface area contributed by atoms with Crippen molar-refractivity contribution in [3.05, 3.63) is 57.6 Å². The molecule has 0 bridgehead atoms. The Morgan fingerprint density at radius 2 is 2.08 bits per heavy atom. The van der Waals surface area contributed by atoms with Crippen LogP contribution in [0, 0.1) is 0 Å². The zero-order valence-corrected chi connectivity index (χ0v) is 15.3. The van der Waals surface area contributed by atoms with Gasteiger partial charge in [0.05, 0.1) is 17.8 Å². The summed E-state index contributed by atoms with van der Waals surface area (Å²) >= 11 is 17.8. The van der Waals surface area contributed by atoms with Crippen LogP contribution in [0.3, 0.4) is 0 Å². The van der Waals surface area contributed by atoms with Gasteiger partial charge in [-0.05, 0) is 24.6 Å². The van der Waals surface area contributed by atoms with E-state index in [1.807, 2.05) is 6.07 Å². The molecule has 2 heterocycles. The van der Waals surface area contributed by atoms with E-state index < -0.39 is 6.04 Å². The first kappa shape index (κ1) is 17.7. The highest BCUT2D eigenvalue weighted by atomic mass is 35.5. The van der Waals surface area contributed by atoms with Crippen molar-refractivity contribution >= 4 is 46.7 Å². The molecule has 130 valence electrons. The number of anilines is 1. The van der Waals surface area contributed by atoms with E-state index in [1.165, 1.54) is 17.2 Å². The lowest BCUT2D eigenvalue weighted by Gasteiger charge is -2.10. The van der Waals surface area contributed by atoms with E-state index >= 15 is 0 Å². The molecule has 3 aromatic rings. The number of hydrogen-bond acceptors (Lipinski definition) is 4. The normalized spacial score (nSPS) is 12.2. The van der Waals surface area contributed by atoms with Crippen molar-refractivity contribution in [1.82, 2.24) is 24.5 Å². The lowest BCUT2D eigenvalue weighted by Crippen LogP contribution is -2.24. The summed E-state index contributed by atoms with van der Waals surface area (Å²) in [5.41, 5.74) is 0.841. The smallest absolute Gasteiger partial charge is 0.251 e. The van der Waals surface area contributed by atoms with Gasteiger partial charge in [0.15, 0.2) is 0 Å². The number of nitrogens with one attached hydrogen (secondary N) is 1. The molecule has 0 aliphatic heterocycles. The number of carbonyl (C=O) groups is 1. The average Bonchev–Trinajstić information content (AvgIpc) is 3.18. The van der Waals surface area contributed by atoms with Gasteiger partial charge in [-0.3, -0.25) is 14.8 Å². The van der Waals surface area contributed by atoms with Crippen LogP contribution in [0.4, 0.5) is 5.95 Å². The van der Waals surface area contributed by atoms with Crippen molar-refractivity contribution in [3.8, 4) is 0 Å². The summed E-state index contributed by atoms with van der Waals surface area (Å²) in [4.78, 5) is 16.3. The summed E-state index contributed by atoms with van der Waals surface area (Å²) < 4.78 is 3.03. The molecular weight excluding hydrogens is 387 g/mol. The second kappa shape index (κ2) is 7.43. The number of benzene rings is 1. The number of hydrogen-bond donors (Lipinski definition) is 1. The Kier molecular flexibility index (Phi) is 5.27. The van der Waals surface area contributed by atoms with Crippen molar-refractivity contribution in [1.29, 1.82) is 0 Å². The zero-order valence-electron chi connectivity index (χ0n) is 13.0. The number of nitrogens with zero attached hydrogens (tertiary/aromatic N) is 5. The van der Waals surface area contributed by atoms with E-state index in [-0.39, 0.29) is 11.9 Å². The van der Waals surface area contributed by atoms with Gasteiger partial charge in [-0.25, -0.2) is 9.67 Å². The van der Waals surface area contributed by atoms with Crippen molar-refractivity contribution in [2.45, 2.75) is 19.5 Å². The van der Waals surface area contributed by atoms with Crippen LogP contribution in [0.5, 0.6) is 0 Å². The quantitative estimate of drug-likeness (QED) is 0.710. The highest BCUT2D eigenvalue weighted by Gasteiger charge is 2.17. The number of carbonyl (C=O) groups excluding carboxylic acids is 1. The van der Waals surface area contributed by atoms with E-state index in [1.54, 1.807) is 29.9 Å². The van der Waals surface area contributed by atoms with Crippen molar-refractivity contribution in [2.75, 3.05) is 5.32 Å². The van der Waals surface area contributed by atoms with Gasteiger partial charge in [0.2, 0.25) is 5.95 Å². The molecule has 1 aromatic carbocycles. The molecule has 10 heteroatoms. The van der Waals surface area contributed by atoms with Crippen LogP contribution in [0.1, 0.15) is 18.5 Å². The summed E-state index contributed by atoms with van der Waals surface area (Å²) in [6.45, 7) is 2.10. The summed E-state index contributed by atoms with van der Waals surface area (Å²) in [7, 11) is 0. The van der Waals surface area contributed by atoms with Crippen LogP contribution < -0.4 is 5.32 Å². The van der Waals surface area contributed by atoms with Gasteiger partial charge in [0, 0.05) is 16.2 Å². The van der Waals surface area contributed by atoms with Gasteiger partial charge >= 0.3 is 0 Å². The number of rotatable bonds is 5. The predicted molar refractivity (Wildman–Crippen MR) is 96.2 cm³/mol. The van der Waals surface area contributed by atoms with Gasteiger partial charge in [-0.15, -0.1) is 5.10 Å². The monoisotopic (exact) mass is 398 g/mol. The largest absolute Gasteiger partial charge is 0.291 e. The molecule has 1 unspecified atom stereocenters. The molecule has 3 rings (SSSR count). The summed E-state index contributed by atoms with van der Waals surface area (Å²) in [5, 5.41) is 12.4. The molecule has 25 heavy (non-hydrogen) atoms. The summed E-state index contributed by atoms with van der Waals surface area (Å²) in [6, 6.07) is 4.67. The molecule has 0 spiro atoms. The van der Waals surface area contributed by atoms with Crippen LogP contribution in [-0.2, 0) is 11.3 Å². The first-order valence-corrected chi connectivity index (χ1v) is 8.39. The second-order valence-corrected chi connectivity index (χ2v) is 6.59. The molecule has 1 amide bonds. The average molecular weight is 400 g/mol. The van der Waals surface area contributed by atoms with E-state index in [0.29, 0.717) is 21.6 Å². The summed E-state index contributed by atoms with van der Waals surface area (Å²) in [6.07, 6.45) is 4.55. The molecule has 1 atom stereocenters. The maximum Gasteiger partial charge on any atom is 0.251 e. The third kappa shape index (κ3) is 4.31. The minimum Gasteiger partial charge on any atom is -0.291 e. The maximum atomic E-state index is 12.2. The lowest BCUT2D eigenvalue weighted by atomic mass is 10.2. The van der Waals surface area contributed by atoms with Crippen LogP contribution in [0.15, 0.2) is 36.9 Å². The van der Waals surface area contributed by atoms with E-state index in [9.17, 15) is 4.79 Å². The Bertz CT molecular complexity index is 906. The van der Waals surface area contributed by atoms with Gasteiger partial charge in [0.1, 0.15) is 12.4 Å². The van der Waals surface area contributed by atoms with Gasteiger partial charge in [-0.1, -0.05) is 40.9 Å². The SMILES string of the molecule is CC(C(=O)Nc1ncn(Cc2ccc(Cl)cc2Cl)n1)n1cc(Cl)cn1. The van der Waals surface area contributed by atoms with Crippen LogP contribution in [0.2, 0.25) is 15.1 Å². The molecule has 7 nitrogen and oxygen atoms in total. The molecule has 0 aliphatic carbocycles. The minimum atomic E-state index is -0.551. The molecular formula is C15H13Cl3N6O. The fourth-order valence-electron chi connectivity index (χ4n) is 2.11. The molecule has 0 saturated heterocycles. The van der Waals surface area contributed by atoms with Gasteiger partial charge in [-0.2, -0.15) is 5.10 Å². The van der Waals surface area contributed by atoms with Gasteiger partial charge < -0.3 is 0 Å². The maximum absolute atomic E-state index is 12.2.